The first-order valence-electron chi connectivity index (χ1n) is 3.35. The molecule has 0 unspecified atom stereocenters. The summed E-state index contributed by atoms with van der Waals surface area (Å²) >= 11 is 3.33. The molecule has 1 aromatic heterocycles. The number of pyridine rings is 1. The van der Waals surface area contributed by atoms with E-state index in [9.17, 15) is 0 Å². The molecule has 4 nitrogen and oxygen atoms in total. The number of nitrogens with zero attached hydrogens (tertiary/aromatic N) is 2. The number of nitrogens with two attached hydrogens (primary N) is 2. The van der Waals surface area contributed by atoms with E-state index in [1.165, 1.54) is 0 Å². The Balaban J connectivity index is 2.76. The van der Waals surface area contributed by atoms with Crippen LogP contribution < -0.4 is 11.5 Å². The second-order valence-corrected chi connectivity index (χ2v) is 3.03. The Morgan fingerprint density at radius 2 is 2.33 bits per heavy atom. The summed E-state index contributed by atoms with van der Waals surface area (Å²) in [6.45, 7) is 0.407. The van der Waals surface area contributed by atoms with Crippen LogP contribution >= 0.6 is 15.9 Å². The van der Waals surface area contributed by atoms with Gasteiger partial charge in [0.2, 0.25) is 0 Å². The second-order valence-electron chi connectivity index (χ2n) is 2.17. The zero-order valence-electron chi connectivity index (χ0n) is 6.37. The summed E-state index contributed by atoms with van der Waals surface area (Å²) in [4.78, 5) is 7.92. The van der Waals surface area contributed by atoms with Crippen LogP contribution in [0.2, 0.25) is 0 Å². The van der Waals surface area contributed by atoms with Crippen molar-refractivity contribution in [3.8, 4) is 0 Å². The smallest absolute Gasteiger partial charge is 0.186 e. The third kappa shape index (κ3) is 2.50. The maximum atomic E-state index is 5.18. The molecule has 12 heavy (non-hydrogen) atoms. The normalized spacial score (nSPS) is 9.42. The summed E-state index contributed by atoms with van der Waals surface area (Å²) in [5, 5.41) is 0. The highest BCUT2D eigenvalue weighted by Crippen LogP contribution is 2.13. The molecule has 0 atom stereocenters. The van der Waals surface area contributed by atoms with E-state index in [4.69, 9.17) is 11.5 Å². The Morgan fingerprint density at radius 3 is 2.92 bits per heavy atom. The predicted molar refractivity (Wildman–Crippen MR) is 51.5 cm³/mol. The van der Waals surface area contributed by atoms with Gasteiger partial charge in [-0.3, -0.25) is 4.98 Å². The predicted octanol–water partition coefficient (Wildman–Crippen LogP) is 0.618. The van der Waals surface area contributed by atoms with Crippen LogP contribution in [0, 0.1) is 0 Å². The Morgan fingerprint density at radius 1 is 1.58 bits per heavy atom. The molecule has 0 radical (unpaired) electrons. The van der Waals surface area contributed by atoms with E-state index in [0.29, 0.717) is 6.54 Å². The SMILES string of the molecule is NC(N)=NCc1ncccc1Br. The van der Waals surface area contributed by atoms with Gasteiger partial charge in [0.25, 0.3) is 0 Å². The number of hydrogen-bond acceptors (Lipinski definition) is 2. The van der Waals surface area contributed by atoms with Crippen LogP contribution in [0.15, 0.2) is 27.8 Å². The van der Waals surface area contributed by atoms with Crippen molar-refractivity contribution in [3.05, 3.63) is 28.5 Å². The number of guanidine groups is 1. The van der Waals surface area contributed by atoms with Crippen LogP contribution in [0.1, 0.15) is 5.69 Å². The fourth-order valence-electron chi connectivity index (χ4n) is 0.701. The first kappa shape index (κ1) is 8.99. The second kappa shape index (κ2) is 4.06. The lowest BCUT2D eigenvalue weighted by Crippen LogP contribution is -2.22. The number of rotatable bonds is 2. The number of hydrogen-bond donors (Lipinski definition) is 2. The Labute approximate surface area is 78.8 Å². The molecule has 1 aromatic rings. The number of aliphatic imine (C=N–C) groups is 1. The molecule has 5 heteroatoms. The standard InChI is InChI=1S/C7H9BrN4/c8-5-2-1-3-11-6(5)4-12-7(9)10/h1-3H,4H2,(H4,9,10,12). The molecule has 4 N–H and O–H groups in total. The van der Waals surface area contributed by atoms with Gasteiger partial charge in [0, 0.05) is 10.7 Å². The molecule has 0 saturated heterocycles. The van der Waals surface area contributed by atoms with Gasteiger partial charge in [-0.05, 0) is 28.1 Å². The number of aromatic nitrogens is 1. The molecular formula is C7H9BrN4. The van der Waals surface area contributed by atoms with Crippen molar-refractivity contribution in [2.45, 2.75) is 6.54 Å². The largest absolute Gasteiger partial charge is 0.370 e. The topological polar surface area (TPSA) is 77.3 Å². The van der Waals surface area contributed by atoms with Crippen LogP contribution in [0.4, 0.5) is 0 Å². The summed E-state index contributed by atoms with van der Waals surface area (Å²) in [7, 11) is 0. The van der Waals surface area contributed by atoms with E-state index in [1.807, 2.05) is 12.1 Å². The van der Waals surface area contributed by atoms with Crippen molar-refractivity contribution in [1.29, 1.82) is 0 Å². The molecular weight excluding hydrogens is 220 g/mol. The van der Waals surface area contributed by atoms with Crippen LogP contribution in [0.5, 0.6) is 0 Å². The summed E-state index contributed by atoms with van der Waals surface area (Å²) in [6, 6.07) is 3.73. The van der Waals surface area contributed by atoms with Crippen molar-refractivity contribution in [2.24, 2.45) is 16.5 Å². The quantitative estimate of drug-likeness (QED) is 0.576. The number of halogens is 1. The molecule has 0 aliphatic heterocycles. The Kier molecular flexibility index (Phi) is 3.04. The van der Waals surface area contributed by atoms with Crippen LogP contribution in [0.25, 0.3) is 0 Å². The van der Waals surface area contributed by atoms with Gasteiger partial charge < -0.3 is 11.5 Å². The van der Waals surface area contributed by atoms with Gasteiger partial charge in [0.05, 0.1) is 12.2 Å². The van der Waals surface area contributed by atoms with E-state index in [2.05, 4.69) is 25.9 Å². The maximum absolute atomic E-state index is 5.18. The van der Waals surface area contributed by atoms with Gasteiger partial charge in [-0.2, -0.15) is 0 Å². The summed E-state index contributed by atoms with van der Waals surface area (Å²) < 4.78 is 0.912. The molecule has 0 bridgehead atoms. The molecule has 0 aromatic carbocycles. The van der Waals surface area contributed by atoms with E-state index in [1.54, 1.807) is 6.20 Å². The average Bonchev–Trinajstić information content (AvgIpc) is 2.03. The van der Waals surface area contributed by atoms with Crippen molar-refractivity contribution in [1.82, 2.24) is 4.98 Å². The highest BCUT2D eigenvalue weighted by molar-refractivity contribution is 9.10. The molecule has 64 valence electrons. The van der Waals surface area contributed by atoms with Crippen LogP contribution in [-0.2, 0) is 6.54 Å². The maximum Gasteiger partial charge on any atom is 0.186 e. The first-order valence-corrected chi connectivity index (χ1v) is 4.14. The Hall–Kier alpha value is -1.10. The molecule has 1 heterocycles. The van der Waals surface area contributed by atoms with Crippen molar-refractivity contribution >= 4 is 21.9 Å². The van der Waals surface area contributed by atoms with Gasteiger partial charge in [0.1, 0.15) is 0 Å². The van der Waals surface area contributed by atoms with Gasteiger partial charge >= 0.3 is 0 Å². The fourth-order valence-corrected chi connectivity index (χ4v) is 1.08. The lowest BCUT2D eigenvalue weighted by atomic mass is 10.3. The fraction of sp³-hybridized carbons (Fsp3) is 0.143. The molecule has 0 aliphatic carbocycles. The van der Waals surface area contributed by atoms with Crippen molar-refractivity contribution in [2.75, 3.05) is 0 Å². The monoisotopic (exact) mass is 228 g/mol. The highest BCUT2D eigenvalue weighted by Gasteiger charge is 1.97. The minimum atomic E-state index is 0.0764. The third-order valence-electron chi connectivity index (χ3n) is 1.25. The van der Waals surface area contributed by atoms with E-state index < -0.39 is 0 Å². The van der Waals surface area contributed by atoms with Crippen LogP contribution in [-0.4, -0.2) is 10.9 Å². The van der Waals surface area contributed by atoms with E-state index in [-0.39, 0.29) is 5.96 Å². The molecule has 0 spiro atoms. The highest BCUT2D eigenvalue weighted by atomic mass is 79.9. The lowest BCUT2D eigenvalue weighted by molar-refractivity contribution is 0.972. The minimum Gasteiger partial charge on any atom is -0.370 e. The average molecular weight is 229 g/mol. The van der Waals surface area contributed by atoms with Crippen LogP contribution in [0.3, 0.4) is 0 Å². The molecule has 0 fully saturated rings. The summed E-state index contributed by atoms with van der Waals surface area (Å²) in [5.41, 5.74) is 11.2. The van der Waals surface area contributed by atoms with Gasteiger partial charge in [-0.1, -0.05) is 0 Å². The molecule has 0 saturated carbocycles. The van der Waals surface area contributed by atoms with Gasteiger partial charge in [-0.15, -0.1) is 0 Å². The van der Waals surface area contributed by atoms with E-state index in [0.717, 1.165) is 10.2 Å². The van der Waals surface area contributed by atoms with Gasteiger partial charge in [0.15, 0.2) is 5.96 Å². The van der Waals surface area contributed by atoms with E-state index >= 15 is 0 Å². The molecule has 0 amide bonds. The van der Waals surface area contributed by atoms with Gasteiger partial charge in [-0.25, -0.2) is 4.99 Å². The third-order valence-corrected chi connectivity index (χ3v) is 1.97. The lowest BCUT2D eigenvalue weighted by Gasteiger charge is -1.98. The zero-order chi connectivity index (χ0) is 8.97. The molecule has 1 rings (SSSR count). The zero-order valence-corrected chi connectivity index (χ0v) is 7.95. The summed E-state index contributed by atoms with van der Waals surface area (Å²) in [6.07, 6.45) is 1.70. The van der Waals surface area contributed by atoms with Crippen molar-refractivity contribution in [3.63, 3.8) is 0 Å². The molecule has 0 aliphatic rings. The Bertz CT molecular complexity index is 293. The first-order chi connectivity index (χ1) is 5.70. The van der Waals surface area contributed by atoms with Crippen molar-refractivity contribution < 1.29 is 0 Å². The minimum absolute atomic E-state index is 0.0764. The summed E-state index contributed by atoms with van der Waals surface area (Å²) in [5.74, 6) is 0.0764.